The molecule has 2 N–H and O–H groups in total. The number of ketones is 1. The van der Waals surface area contributed by atoms with Gasteiger partial charge in [0, 0.05) is 45.7 Å². The Morgan fingerprint density at radius 3 is 2.55 bits per heavy atom. The van der Waals surface area contributed by atoms with Crippen molar-refractivity contribution in [3.63, 3.8) is 0 Å². The van der Waals surface area contributed by atoms with Gasteiger partial charge in [-0.1, -0.05) is 41.9 Å². The van der Waals surface area contributed by atoms with Gasteiger partial charge in [-0.3, -0.25) is 29.4 Å². The predicted octanol–water partition coefficient (Wildman–Crippen LogP) is 4.26. The Morgan fingerprint density at radius 1 is 0.974 bits per heavy atom. The van der Waals surface area contributed by atoms with E-state index in [1.165, 1.54) is 24.3 Å². The second-order valence-electron chi connectivity index (χ2n) is 10.2. The van der Waals surface area contributed by atoms with Crippen LogP contribution in [-0.4, -0.2) is 40.0 Å². The largest absolute Gasteiger partial charge is 0.325 e. The van der Waals surface area contributed by atoms with Gasteiger partial charge in [0.15, 0.2) is 5.78 Å². The highest BCUT2D eigenvalue weighted by molar-refractivity contribution is 6.31. The molecule has 190 valence electrons. The summed E-state index contributed by atoms with van der Waals surface area (Å²) in [5, 5.41) is 17.9. The third kappa shape index (κ3) is 2.62. The maximum absolute atomic E-state index is 14.7. The molecule has 9 nitrogen and oxygen atoms in total. The fourth-order valence-corrected chi connectivity index (χ4v) is 7.63. The molecule has 7 rings (SSSR count). The smallest absolute Gasteiger partial charge is 0.270 e. The maximum Gasteiger partial charge on any atom is 0.270 e. The molecule has 0 aliphatic carbocycles. The number of nitrogens with zero attached hydrogens (tertiary/aromatic N) is 2. The summed E-state index contributed by atoms with van der Waals surface area (Å²) in [5.74, 6) is -2.46. The number of halogens is 1. The van der Waals surface area contributed by atoms with Gasteiger partial charge in [0.2, 0.25) is 11.8 Å². The van der Waals surface area contributed by atoms with Crippen LogP contribution in [0.25, 0.3) is 0 Å². The highest BCUT2D eigenvalue weighted by atomic mass is 35.5. The summed E-state index contributed by atoms with van der Waals surface area (Å²) in [5.41, 5.74) is -0.759. The summed E-state index contributed by atoms with van der Waals surface area (Å²) in [6.45, 7) is 0.500. The average molecular weight is 529 g/mol. The number of non-ortho nitro benzene ring substituents is 1. The number of carbonyl (C=O) groups excluding carboxylic acids is 3. The van der Waals surface area contributed by atoms with Crippen molar-refractivity contribution in [2.45, 2.75) is 29.8 Å². The van der Waals surface area contributed by atoms with Crippen LogP contribution in [0, 0.1) is 16.0 Å². The van der Waals surface area contributed by atoms with Crippen LogP contribution < -0.4 is 10.6 Å². The molecule has 3 aromatic carbocycles. The van der Waals surface area contributed by atoms with E-state index in [4.69, 9.17) is 11.6 Å². The summed E-state index contributed by atoms with van der Waals surface area (Å²) in [6, 6.07) is 17.4. The van der Waals surface area contributed by atoms with Crippen molar-refractivity contribution < 1.29 is 19.3 Å². The Morgan fingerprint density at radius 2 is 1.74 bits per heavy atom. The number of amides is 2. The zero-order valence-electron chi connectivity index (χ0n) is 19.9. The predicted molar refractivity (Wildman–Crippen MR) is 139 cm³/mol. The first-order valence-corrected chi connectivity index (χ1v) is 12.8. The summed E-state index contributed by atoms with van der Waals surface area (Å²) in [4.78, 5) is 56.1. The number of benzene rings is 3. The second kappa shape index (κ2) is 7.72. The highest BCUT2D eigenvalue weighted by Gasteiger charge is 2.78. The minimum atomic E-state index is -1.53. The van der Waals surface area contributed by atoms with Gasteiger partial charge in [-0.05, 0) is 49.2 Å². The normalized spacial score (nSPS) is 28.8. The number of carbonyl (C=O) groups is 3. The quantitative estimate of drug-likeness (QED) is 0.297. The fraction of sp³-hybridized carbons (Fsp3) is 0.250. The molecule has 2 amide bonds. The lowest BCUT2D eigenvalue weighted by Crippen LogP contribution is -2.55. The zero-order chi connectivity index (χ0) is 26.4. The van der Waals surface area contributed by atoms with Crippen molar-refractivity contribution in [1.29, 1.82) is 0 Å². The number of anilines is 2. The van der Waals surface area contributed by atoms with Gasteiger partial charge in [-0.2, -0.15) is 0 Å². The van der Waals surface area contributed by atoms with E-state index in [0.29, 0.717) is 40.5 Å². The van der Waals surface area contributed by atoms with Gasteiger partial charge in [0.05, 0.1) is 10.8 Å². The highest BCUT2D eigenvalue weighted by Crippen LogP contribution is 2.66. The third-order valence-electron chi connectivity index (χ3n) is 8.69. The van der Waals surface area contributed by atoms with E-state index in [2.05, 4.69) is 10.6 Å². The van der Waals surface area contributed by atoms with Gasteiger partial charge >= 0.3 is 0 Å². The van der Waals surface area contributed by atoms with Crippen LogP contribution in [0.3, 0.4) is 0 Å². The van der Waals surface area contributed by atoms with Crippen LogP contribution in [-0.2, 0) is 20.5 Å². The summed E-state index contributed by atoms with van der Waals surface area (Å²) >= 11 is 6.44. The molecule has 0 saturated carbocycles. The molecule has 3 aromatic rings. The summed E-state index contributed by atoms with van der Waals surface area (Å²) in [6.07, 6.45) is 1.34. The molecule has 38 heavy (non-hydrogen) atoms. The minimum Gasteiger partial charge on any atom is -0.325 e. The molecule has 4 aliphatic heterocycles. The van der Waals surface area contributed by atoms with Gasteiger partial charge in [0.1, 0.15) is 11.0 Å². The van der Waals surface area contributed by atoms with Gasteiger partial charge in [0.25, 0.3) is 5.69 Å². The van der Waals surface area contributed by atoms with E-state index in [9.17, 15) is 24.5 Å². The molecule has 0 aromatic heterocycles. The van der Waals surface area contributed by atoms with E-state index in [1.54, 1.807) is 24.3 Å². The summed E-state index contributed by atoms with van der Waals surface area (Å²) in [7, 11) is 0. The molecule has 0 radical (unpaired) electrons. The number of nitrogens with one attached hydrogen (secondary N) is 2. The Labute approximate surface area is 221 Å². The van der Waals surface area contributed by atoms with Crippen LogP contribution in [0.1, 0.15) is 34.3 Å². The van der Waals surface area contributed by atoms with Gasteiger partial charge < -0.3 is 10.6 Å². The van der Waals surface area contributed by atoms with E-state index in [1.807, 2.05) is 23.1 Å². The lowest BCUT2D eigenvalue weighted by molar-refractivity contribution is -0.384. The van der Waals surface area contributed by atoms with Crippen LogP contribution >= 0.6 is 11.6 Å². The first-order chi connectivity index (χ1) is 18.3. The number of nitro groups is 1. The Hall–Kier alpha value is -4.08. The second-order valence-corrected chi connectivity index (χ2v) is 10.7. The minimum absolute atomic E-state index is 0.0737. The fourth-order valence-electron chi connectivity index (χ4n) is 7.46. The maximum atomic E-state index is 14.7. The lowest BCUT2D eigenvalue weighted by atomic mass is 9.60. The van der Waals surface area contributed by atoms with Crippen LogP contribution in [0.4, 0.5) is 17.1 Å². The van der Waals surface area contributed by atoms with Crippen LogP contribution in [0.2, 0.25) is 5.02 Å². The number of fused-ring (bicyclic) bond motifs is 7. The van der Waals surface area contributed by atoms with Crippen molar-refractivity contribution in [2.75, 3.05) is 17.2 Å². The lowest BCUT2D eigenvalue weighted by Gasteiger charge is -2.38. The van der Waals surface area contributed by atoms with Crippen molar-refractivity contribution in [3.8, 4) is 0 Å². The van der Waals surface area contributed by atoms with Crippen molar-refractivity contribution >= 4 is 46.3 Å². The number of rotatable bonds is 3. The van der Waals surface area contributed by atoms with E-state index in [-0.39, 0.29) is 17.2 Å². The van der Waals surface area contributed by atoms with E-state index in [0.717, 1.165) is 6.42 Å². The molecule has 2 spiro atoms. The molecular formula is C28H21ClN4O5. The number of para-hydroxylation sites is 1. The van der Waals surface area contributed by atoms with Gasteiger partial charge in [-0.15, -0.1) is 0 Å². The third-order valence-corrected chi connectivity index (χ3v) is 8.93. The number of hydrogen-bond acceptors (Lipinski definition) is 6. The van der Waals surface area contributed by atoms with Crippen molar-refractivity contribution in [3.05, 3.63) is 98.6 Å². The van der Waals surface area contributed by atoms with Gasteiger partial charge in [-0.25, -0.2) is 0 Å². The number of Topliss-reactive ketones (excluding diaryl/α,β-unsaturated/α-hetero) is 1. The van der Waals surface area contributed by atoms with E-state index >= 15 is 0 Å². The first-order valence-electron chi connectivity index (χ1n) is 12.4. The van der Waals surface area contributed by atoms with Crippen molar-refractivity contribution in [1.82, 2.24) is 4.90 Å². The SMILES string of the molecule is O=C(c1cccc([N+](=O)[O-])c1)[C@@H]1[C@@]2(C(=O)Nc3ccccc32)[C@@H]2CCCN2[C@@]12C(=O)Nc1ccc(Cl)cc12. The van der Waals surface area contributed by atoms with E-state index < -0.39 is 39.5 Å². The van der Waals surface area contributed by atoms with Crippen LogP contribution in [0.5, 0.6) is 0 Å². The topological polar surface area (TPSA) is 122 Å². The molecule has 4 atom stereocenters. The van der Waals surface area contributed by atoms with Crippen LogP contribution in [0.15, 0.2) is 66.7 Å². The average Bonchev–Trinajstić information content (AvgIpc) is 3.63. The van der Waals surface area contributed by atoms with Crippen molar-refractivity contribution in [2.24, 2.45) is 5.92 Å². The summed E-state index contributed by atoms with van der Waals surface area (Å²) < 4.78 is 0. The zero-order valence-corrected chi connectivity index (χ0v) is 20.7. The molecule has 0 unspecified atom stereocenters. The Kier molecular flexibility index (Phi) is 4.69. The molecular weight excluding hydrogens is 508 g/mol. The first kappa shape index (κ1) is 23.1. The molecule has 2 saturated heterocycles. The molecule has 0 bridgehead atoms. The molecule has 2 fully saturated rings. The number of nitro benzene ring substituents is 1. The standard InChI is InChI=1S/C28H21ClN4O5/c29-16-10-11-21-19(14-16)28(26(36)31-21)24(23(34)15-5-3-6-17(13-15)33(37)38)27(22-9-4-12-32(22)28)18-7-1-2-8-20(18)30-25(27)35/h1-3,5-8,10-11,13-14,22,24H,4,9,12H2,(H,30,35)(H,31,36)/t22-,24+,27-,28+/m0/s1. The molecule has 4 heterocycles. The Balaban J connectivity index is 1.58. The Bertz CT molecular complexity index is 1610. The monoisotopic (exact) mass is 528 g/mol. The molecule has 4 aliphatic rings. The number of hydrogen-bond donors (Lipinski definition) is 2. The molecule has 10 heteroatoms.